The molecule has 3 aromatic carbocycles. The van der Waals surface area contributed by atoms with E-state index in [2.05, 4.69) is 60.7 Å². The third kappa shape index (κ3) is 2.18. The van der Waals surface area contributed by atoms with Crippen LogP contribution in [0.25, 0.3) is 30.4 Å². The first-order valence-corrected chi connectivity index (χ1v) is 8.02. The molecular weight excluding hydrogens is 302 g/mol. The molecule has 0 radical (unpaired) electrons. The summed E-state index contributed by atoms with van der Waals surface area (Å²) < 4.78 is 2.99. The molecule has 0 aliphatic heterocycles. The van der Waals surface area contributed by atoms with Crippen LogP contribution in [-0.4, -0.2) is 14.5 Å². The molecule has 0 amide bonds. The third-order valence-corrected chi connectivity index (χ3v) is 5.96. The maximum absolute atomic E-state index is 3.35. The van der Waals surface area contributed by atoms with Gasteiger partial charge in [-0.2, -0.15) is 0 Å². The van der Waals surface area contributed by atoms with Gasteiger partial charge in [-0.1, -0.05) is 0 Å². The molecule has 1 aromatic heterocycles. The van der Waals surface area contributed by atoms with Crippen LogP contribution in [0.3, 0.4) is 0 Å². The zero-order valence-corrected chi connectivity index (χ0v) is 13.0. The van der Waals surface area contributed by atoms with Gasteiger partial charge in [0.2, 0.25) is 0 Å². The van der Waals surface area contributed by atoms with Gasteiger partial charge in [0.25, 0.3) is 0 Å². The molecule has 90 valence electrons. The molecule has 20 heavy (non-hydrogen) atoms. The van der Waals surface area contributed by atoms with E-state index in [9.17, 15) is 0 Å². The van der Waals surface area contributed by atoms with Crippen molar-refractivity contribution in [3.05, 3.63) is 72.8 Å². The van der Waals surface area contributed by atoms with Crippen LogP contribution in [0.4, 0.5) is 0 Å². The summed E-state index contributed by atoms with van der Waals surface area (Å²) in [6.45, 7) is 0. The molecule has 0 atom stereocenters. The van der Waals surface area contributed by atoms with Gasteiger partial charge in [-0.05, 0) is 0 Å². The quantitative estimate of drug-likeness (QED) is 0.369. The molecule has 0 fully saturated rings. The van der Waals surface area contributed by atoms with Crippen molar-refractivity contribution >= 4 is 33.8 Å². The summed E-state index contributed by atoms with van der Waals surface area (Å²) in [7, 11) is 0. The van der Waals surface area contributed by atoms with E-state index in [1.54, 1.807) is 0 Å². The van der Waals surface area contributed by atoms with E-state index in [4.69, 9.17) is 0 Å². The van der Waals surface area contributed by atoms with Gasteiger partial charge in [0.05, 0.1) is 0 Å². The first kappa shape index (κ1) is 13.7. The van der Waals surface area contributed by atoms with E-state index in [1.165, 1.54) is 30.4 Å². The van der Waals surface area contributed by atoms with Crippen LogP contribution in [-0.2, 0) is 0 Å². The Labute approximate surface area is 136 Å². The number of hydrogen-bond acceptors (Lipinski definition) is 0. The zero-order valence-electron chi connectivity index (χ0n) is 11.3. The van der Waals surface area contributed by atoms with Crippen molar-refractivity contribution in [3.8, 4) is 11.1 Å². The van der Waals surface area contributed by atoms with E-state index in [0.717, 1.165) is 0 Å². The minimum absolute atomic E-state index is 0. The van der Waals surface area contributed by atoms with E-state index in [1.807, 2.05) is 12.1 Å². The summed E-state index contributed by atoms with van der Waals surface area (Å²) in [6, 6.07) is 27.0. The average Bonchev–Trinajstić information content (AvgIpc) is 2.87. The standard InChI is InChI=1S/C18H11Se.Li/c1-2-7-13(8-3-1)14-10-6-11-16-15-9-4-5-12-17(15)19-18(14)16;/h1-7,9-12H;/q-1;+1. The van der Waals surface area contributed by atoms with Gasteiger partial charge in [-0.15, -0.1) is 0 Å². The van der Waals surface area contributed by atoms with E-state index < -0.39 is 0 Å². The summed E-state index contributed by atoms with van der Waals surface area (Å²) in [6.07, 6.45) is 0. The molecule has 4 aromatic rings. The second-order valence-electron chi connectivity index (χ2n) is 4.56. The van der Waals surface area contributed by atoms with Gasteiger partial charge in [-0.3, -0.25) is 0 Å². The molecule has 0 saturated heterocycles. The summed E-state index contributed by atoms with van der Waals surface area (Å²) in [5, 5.41) is 2.82. The van der Waals surface area contributed by atoms with Crippen molar-refractivity contribution in [3.63, 3.8) is 0 Å². The fourth-order valence-corrected chi connectivity index (χ4v) is 5.10. The second-order valence-corrected chi connectivity index (χ2v) is 6.76. The summed E-state index contributed by atoms with van der Waals surface area (Å²) in [5.74, 6) is 0. The second kappa shape index (κ2) is 5.64. The predicted octanol–water partition coefficient (Wildman–Crippen LogP) is 1.52. The SMILES string of the molecule is [Li+].[c-]1ccccc1-c1cccc2c1[se]c1ccccc12. The van der Waals surface area contributed by atoms with Crippen molar-refractivity contribution in [1.82, 2.24) is 0 Å². The fourth-order valence-electron chi connectivity index (χ4n) is 2.52. The zero-order chi connectivity index (χ0) is 12.7. The van der Waals surface area contributed by atoms with Crippen LogP contribution in [0.1, 0.15) is 0 Å². The third-order valence-electron chi connectivity index (χ3n) is 3.40. The van der Waals surface area contributed by atoms with Crippen molar-refractivity contribution in [1.29, 1.82) is 0 Å². The number of hydrogen-bond donors (Lipinski definition) is 0. The van der Waals surface area contributed by atoms with Crippen LogP contribution in [0.5, 0.6) is 0 Å². The molecule has 1 heterocycles. The Bertz CT molecular complexity index is 862. The van der Waals surface area contributed by atoms with Crippen molar-refractivity contribution in [2.24, 2.45) is 0 Å². The predicted molar refractivity (Wildman–Crippen MR) is 82.7 cm³/mol. The van der Waals surface area contributed by atoms with Gasteiger partial charge < -0.3 is 0 Å². The van der Waals surface area contributed by atoms with Gasteiger partial charge >= 0.3 is 137 Å². The van der Waals surface area contributed by atoms with Gasteiger partial charge in [0, 0.05) is 0 Å². The molecule has 4 rings (SSSR count). The van der Waals surface area contributed by atoms with Crippen molar-refractivity contribution in [2.75, 3.05) is 0 Å². The first-order valence-electron chi connectivity index (χ1n) is 6.31. The van der Waals surface area contributed by atoms with Crippen LogP contribution in [0.2, 0.25) is 0 Å². The molecule has 2 heteroatoms. The Hall–Kier alpha value is -1.22. The molecule has 0 spiro atoms. The van der Waals surface area contributed by atoms with Gasteiger partial charge in [-0.25, -0.2) is 0 Å². The van der Waals surface area contributed by atoms with Crippen LogP contribution < -0.4 is 18.9 Å². The molecule has 0 bridgehead atoms. The molecule has 0 nitrogen and oxygen atoms in total. The number of benzene rings is 3. The molecule has 0 saturated carbocycles. The van der Waals surface area contributed by atoms with E-state index >= 15 is 0 Å². The Kier molecular flexibility index (Phi) is 3.88. The van der Waals surface area contributed by atoms with Crippen LogP contribution in [0.15, 0.2) is 66.7 Å². The van der Waals surface area contributed by atoms with Crippen LogP contribution in [0, 0.1) is 6.07 Å². The van der Waals surface area contributed by atoms with Gasteiger partial charge in [0.15, 0.2) is 0 Å². The summed E-state index contributed by atoms with van der Waals surface area (Å²) >= 11 is 0.409. The number of rotatable bonds is 1. The molecular formula is C18H11LiSe. The maximum atomic E-state index is 3.35. The summed E-state index contributed by atoms with van der Waals surface area (Å²) in [4.78, 5) is 0. The van der Waals surface area contributed by atoms with Crippen molar-refractivity contribution < 1.29 is 18.9 Å². The van der Waals surface area contributed by atoms with E-state index in [-0.39, 0.29) is 18.9 Å². The Morgan fingerprint density at radius 3 is 2.40 bits per heavy atom. The normalized spacial score (nSPS) is 10.6. The average molecular weight is 313 g/mol. The van der Waals surface area contributed by atoms with E-state index in [0.29, 0.717) is 14.5 Å². The topological polar surface area (TPSA) is 0 Å². The number of fused-ring (bicyclic) bond motifs is 3. The Morgan fingerprint density at radius 1 is 0.750 bits per heavy atom. The summed E-state index contributed by atoms with van der Waals surface area (Å²) in [5.41, 5.74) is 2.54. The van der Waals surface area contributed by atoms with Crippen molar-refractivity contribution in [2.45, 2.75) is 0 Å². The minimum atomic E-state index is 0. The van der Waals surface area contributed by atoms with Gasteiger partial charge in [0.1, 0.15) is 0 Å². The molecule has 0 N–H and O–H groups in total. The molecule has 0 unspecified atom stereocenters. The monoisotopic (exact) mass is 314 g/mol. The molecule has 0 aliphatic carbocycles. The molecule has 0 aliphatic rings. The fraction of sp³-hybridized carbons (Fsp3) is 0. The van der Waals surface area contributed by atoms with Crippen LogP contribution >= 0.6 is 0 Å². The Morgan fingerprint density at radius 2 is 1.55 bits per heavy atom. The Balaban J connectivity index is 0.00000121. The first-order chi connectivity index (χ1) is 9.43.